The van der Waals surface area contributed by atoms with Crippen molar-refractivity contribution in [1.82, 2.24) is 10.2 Å². The molecule has 2 aliphatic rings. The van der Waals surface area contributed by atoms with E-state index in [0.29, 0.717) is 19.4 Å². The van der Waals surface area contributed by atoms with E-state index in [1.807, 2.05) is 36.4 Å². The minimum atomic E-state index is -0.896. The Kier molecular flexibility index (Phi) is 5.93. The maximum absolute atomic E-state index is 12.7. The average Bonchev–Trinajstić information content (AvgIpc) is 3.39. The van der Waals surface area contributed by atoms with Crippen LogP contribution in [0.3, 0.4) is 0 Å². The molecule has 7 nitrogen and oxygen atoms in total. The Balaban J connectivity index is 1.38. The van der Waals surface area contributed by atoms with Crippen molar-refractivity contribution in [3.63, 3.8) is 0 Å². The second kappa shape index (κ2) is 8.79. The van der Waals surface area contributed by atoms with E-state index in [1.54, 1.807) is 6.92 Å². The molecule has 162 valence electrons. The van der Waals surface area contributed by atoms with Crippen molar-refractivity contribution in [1.29, 1.82) is 0 Å². The number of rotatable bonds is 6. The van der Waals surface area contributed by atoms with Gasteiger partial charge in [-0.1, -0.05) is 55.5 Å². The Morgan fingerprint density at radius 3 is 2.26 bits per heavy atom. The van der Waals surface area contributed by atoms with Crippen LogP contribution in [0.15, 0.2) is 48.5 Å². The summed E-state index contributed by atoms with van der Waals surface area (Å²) in [7, 11) is 0. The molecule has 0 spiro atoms. The third-order valence-corrected chi connectivity index (χ3v) is 6.19. The Labute approximate surface area is 181 Å². The van der Waals surface area contributed by atoms with Crippen LogP contribution in [-0.4, -0.2) is 53.7 Å². The number of carboxylic acid groups (broad SMARTS) is 1. The summed E-state index contributed by atoms with van der Waals surface area (Å²) in [5, 5.41) is 11.8. The van der Waals surface area contributed by atoms with Crippen molar-refractivity contribution >= 4 is 18.0 Å². The number of hydrogen-bond donors (Lipinski definition) is 2. The van der Waals surface area contributed by atoms with Gasteiger partial charge in [-0.3, -0.25) is 9.59 Å². The Morgan fingerprint density at radius 1 is 1.10 bits per heavy atom. The molecule has 2 aromatic rings. The van der Waals surface area contributed by atoms with Gasteiger partial charge in [0.1, 0.15) is 12.6 Å². The number of carboxylic acids is 1. The van der Waals surface area contributed by atoms with Crippen LogP contribution >= 0.6 is 0 Å². The van der Waals surface area contributed by atoms with Gasteiger partial charge in [0.25, 0.3) is 0 Å². The monoisotopic (exact) mass is 422 g/mol. The molecule has 7 heteroatoms. The number of hydrogen-bond acceptors (Lipinski definition) is 4. The fourth-order valence-electron chi connectivity index (χ4n) is 4.50. The smallest absolute Gasteiger partial charge is 0.407 e. The molecule has 2 unspecified atom stereocenters. The van der Waals surface area contributed by atoms with E-state index in [0.717, 1.165) is 22.3 Å². The third-order valence-electron chi connectivity index (χ3n) is 6.19. The molecular formula is C24H26N2O5. The van der Waals surface area contributed by atoms with E-state index < -0.39 is 24.0 Å². The molecule has 0 aromatic heterocycles. The van der Waals surface area contributed by atoms with Gasteiger partial charge in [0.15, 0.2) is 0 Å². The van der Waals surface area contributed by atoms with E-state index >= 15 is 0 Å². The van der Waals surface area contributed by atoms with Crippen LogP contribution in [0.2, 0.25) is 0 Å². The highest BCUT2D eigenvalue weighted by Crippen LogP contribution is 2.44. The lowest BCUT2D eigenvalue weighted by Crippen LogP contribution is -2.48. The maximum atomic E-state index is 12.7. The molecule has 1 aliphatic heterocycles. The molecule has 1 fully saturated rings. The van der Waals surface area contributed by atoms with E-state index in [1.165, 1.54) is 4.90 Å². The first-order valence-electron chi connectivity index (χ1n) is 10.6. The molecule has 0 saturated carbocycles. The highest BCUT2D eigenvalue weighted by atomic mass is 16.5. The van der Waals surface area contributed by atoms with E-state index in [-0.39, 0.29) is 25.0 Å². The van der Waals surface area contributed by atoms with Crippen LogP contribution < -0.4 is 5.32 Å². The predicted molar refractivity (Wildman–Crippen MR) is 115 cm³/mol. The number of nitrogens with zero attached hydrogens (tertiary/aromatic N) is 1. The zero-order valence-corrected chi connectivity index (χ0v) is 17.4. The molecule has 0 bridgehead atoms. The van der Waals surface area contributed by atoms with E-state index in [2.05, 4.69) is 17.4 Å². The van der Waals surface area contributed by atoms with Crippen LogP contribution in [0.4, 0.5) is 4.79 Å². The summed E-state index contributed by atoms with van der Waals surface area (Å²) in [6.07, 6.45) is 0.191. The summed E-state index contributed by atoms with van der Waals surface area (Å²) in [5.74, 6) is -1.76. The molecule has 2 aromatic carbocycles. The minimum absolute atomic E-state index is 0.0520. The largest absolute Gasteiger partial charge is 0.481 e. The normalized spacial score (nSPS) is 18.2. The lowest BCUT2D eigenvalue weighted by Gasteiger charge is -2.23. The van der Waals surface area contributed by atoms with E-state index in [9.17, 15) is 14.4 Å². The number of amides is 2. The number of alkyl carbamates (subject to hydrolysis) is 1. The number of carbonyl (C=O) groups excluding carboxylic acids is 2. The van der Waals surface area contributed by atoms with Crippen molar-refractivity contribution in [2.75, 3.05) is 19.7 Å². The van der Waals surface area contributed by atoms with Crippen LogP contribution in [0.25, 0.3) is 11.1 Å². The molecule has 4 rings (SSSR count). The average molecular weight is 422 g/mol. The first kappa shape index (κ1) is 20.9. The Bertz CT molecular complexity index is 959. The predicted octanol–water partition coefficient (Wildman–Crippen LogP) is 3.24. The molecule has 2 N–H and O–H groups in total. The molecule has 2 atom stereocenters. The van der Waals surface area contributed by atoms with Crippen LogP contribution in [0.1, 0.15) is 36.8 Å². The second-order valence-corrected chi connectivity index (χ2v) is 8.04. The van der Waals surface area contributed by atoms with Crippen LogP contribution in [0.5, 0.6) is 0 Å². The number of aliphatic carboxylic acids is 1. The van der Waals surface area contributed by atoms with Gasteiger partial charge < -0.3 is 20.1 Å². The summed E-state index contributed by atoms with van der Waals surface area (Å²) in [6, 6.07) is 15.4. The zero-order chi connectivity index (χ0) is 22.0. The number of nitrogens with one attached hydrogen (secondary N) is 1. The topological polar surface area (TPSA) is 95.9 Å². The lowest BCUT2D eigenvalue weighted by molar-refractivity contribution is -0.141. The summed E-state index contributed by atoms with van der Waals surface area (Å²) in [4.78, 5) is 37.9. The van der Waals surface area contributed by atoms with Gasteiger partial charge in [0, 0.05) is 19.0 Å². The highest BCUT2D eigenvalue weighted by Gasteiger charge is 2.34. The number of benzene rings is 2. The zero-order valence-electron chi connectivity index (χ0n) is 17.4. The van der Waals surface area contributed by atoms with Crippen LogP contribution in [-0.2, 0) is 14.3 Å². The number of fused-ring (bicyclic) bond motifs is 3. The van der Waals surface area contributed by atoms with Gasteiger partial charge >= 0.3 is 12.1 Å². The fourth-order valence-corrected chi connectivity index (χ4v) is 4.50. The minimum Gasteiger partial charge on any atom is -0.481 e. The summed E-state index contributed by atoms with van der Waals surface area (Å²) in [5.41, 5.74) is 4.54. The first-order valence-corrected chi connectivity index (χ1v) is 10.6. The molecule has 1 aliphatic carbocycles. The second-order valence-electron chi connectivity index (χ2n) is 8.04. The number of carbonyl (C=O) groups is 3. The SMILES string of the molecule is CCC(NC(=O)OCC1c2ccccc2-c2ccccc21)C(=O)N1CCC(C(=O)O)C1. The van der Waals surface area contributed by atoms with Gasteiger partial charge in [-0.15, -0.1) is 0 Å². The number of likely N-dealkylation sites (tertiary alicyclic amines) is 1. The van der Waals surface area contributed by atoms with Gasteiger partial charge in [-0.05, 0) is 35.1 Å². The molecular weight excluding hydrogens is 396 g/mol. The molecule has 1 heterocycles. The Morgan fingerprint density at radius 2 is 1.71 bits per heavy atom. The summed E-state index contributed by atoms with van der Waals surface area (Å²) >= 11 is 0. The van der Waals surface area contributed by atoms with Crippen molar-refractivity contribution in [3.05, 3.63) is 59.7 Å². The molecule has 1 saturated heterocycles. The molecule has 0 radical (unpaired) electrons. The molecule has 31 heavy (non-hydrogen) atoms. The highest BCUT2D eigenvalue weighted by molar-refractivity contribution is 5.86. The maximum Gasteiger partial charge on any atom is 0.407 e. The lowest BCUT2D eigenvalue weighted by atomic mass is 9.98. The van der Waals surface area contributed by atoms with Crippen molar-refractivity contribution < 1.29 is 24.2 Å². The van der Waals surface area contributed by atoms with E-state index in [4.69, 9.17) is 9.84 Å². The fraction of sp³-hybridized carbons (Fsp3) is 0.375. The van der Waals surface area contributed by atoms with Crippen molar-refractivity contribution in [2.24, 2.45) is 5.92 Å². The van der Waals surface area contributed by atoms with Gasteiger partial charge in [0.2, 0.25) is 5.91 Å². The quantitative estimate of drug-likeness (QED) is 0.745. The Hall–Kier alpha value is -3.35. The first-order chi connectivity index (χ1) is 15.0. The van der Waals surface area contributed by atoms with Crippen molar-refractivity contribution in [2.45, 2.75) is 31.7 Å². The summed E-state index contributed by atoms with van der Waals surface area (Å²) < 4.78 is 5.53. The van der Waals surface area contributed by atoms with Gasteiger partial charge in [0.05, 0.1) is 5.92 Å². The van der Waals surface area contributed by atoms with Gasteiger partial charge in [-0.2, -0.15) is 0 Å². The van der Waals surface area contributed by atoms with Gasteiger partial charge in [-0.25, -0.2) is 4.79 Å². The number of ether oxygens (including phenoxy) is 1. The standard InChI is InChI=1S/C24H26N2O5/c1-2-21(22(27)26-12-11-15(13-26)23(28)29)25-24(30)31-14-20-18-9-5-3-7-16(18)17-8-4-6-10-19(17)20/h3-10,15,20-21H,2,11-14H2,1H3,(H,25,30)(H,28,29). The third kappa shape index (κ3) is 4.13. The summed E-state index contributed by atoms with van der Waals surface area (Å²) in [6.45, 7) is 2.54. The molecule has 2 amide bonds. The van der Waals surface area contributed by atoms with Crippen molar-refractivity contribution in [3.8, 4) is 11.1 Å². The van der Waals surface area contributed by atoms with Crippen LogP contribution in [0, 0.1) is 5.92 Å².